The largest absolute Gasteiger partial charge is 0.470 e. The van der Waals surface area contributed by atoms with Crippen LogP contribution in [0, 0.1) is 25.5 Å². The van der Waals surface area contributed by atoms with E-state index in [0.717, 1.165) is 22.2 Å². The lowest BCUT2D eigenvalue weighted by Crippen LogP contribution is -2.06. The fourth-order valence-electron chi connectivity index (χ4n) is 2.81. The summed E-state index contributed by atoms with van der Waals surface area (Å²) < 4.78 is 35.3. The minimum Gasteiger partial charge on any atom is -0.470 e. The van der Waals surface area contributed by atoms with Crippen LogP contribution in [0.4, 0.5) is 8.78 Å². The molecule has 130 valence electrons. The van der Waals surface area contributed by atoms with Crippen LogP contribution in [0.25, 0.3) is 10.9 Å². The van der Waals surface area contributed by atoms with E-state index >= 15 is 0 Å². The van der Waals surface area contributed by atoms with Crippen molar-refractivity contribution >= 4 is 10.9 Å². The molecule has 0 saturated carbocycles. The normalized spacial score (nSPS) is 11.6. The predicted octanol–water partition coefficient (Wildman–Crippen LogP) is 4.48. The summed E-state index contributed by atoms with van der Waals surface area (Å²) in [5, 5.41) is 8.93. The van der Waals surface area contributed by atoms with E-state index in [0.29, 0.717) is 6.54 Å². The van der Waals surface area contributed by atoms with Gasteiger partial charge >= 0.3 is 0 Å². The molecule has 4 nitrogen and oxygen atoms in total. The molecule has 0 amide bonds. The minimum absolute atomic E-state index is 0.124. The maximum atomic E-state index is 13.8. The summed E-state index contributed by atoms with van der Waals surface area (Å²) in [5.41, 5.74) is 2.81. The fraction of sp³-hybridized carbons (Fsp3) is 0.263. The molecule has 0 radical (unpaired) electrons. The lowest BCUT2D eigenvalue weighted by molar-refractivity contribution is 0.281. The van der Waals surface area contributed by atoms with Gasteiger partial charge in [-0.25, -0.2) is 8.78 Å². The van der Waals surface area contributed by atoms with Gasteiger partial charge in [0, 0.05) is 17.6 Å². The number of fused-ring (bicyclic) bond motifs is 1. The van der Waals surface area contributed by atoms with Crippen molar-refractivity contribution in [3.63, 3.8) is 0 Å². The van der Waals surface area contributed by atoms with Crippen molar-refractivity contribution in [1.82, 2.24) is 14.8 Å². The molecule has 0 bridgehead atoms. The van der Waals surface area contributed by atoms with Crippen LogP contribution in [0.1, 0.15) is 23.7 Å². The highest BCUT2D eigenvalue weighted by Gasteiger charge is 2.17. The van der Waals surface area contributed by atoms with Crippen molar-refractivity contribution in [2.24, 2.45) is 0 Å². The van der Waals surface area contributed by atoms with Gasteiger partial charge in [-0.1, -0.05) is 18.2 Å². The third-order valence-electron chi connectivity index (χ3n) is 4.35. The average molecular weight is 343 g/mol. The van der Waals surface area contributed by atoms with Gasteiger partial charge in [0.15, 0.2) is 0 Å². The molecule has 1 aromatic carbocycles. The minimum atomic E-state index is -0.642. The van der Waals surface area contributed by atoms with Crippen LogP contribution < -0.4 is 4.74 Å². The van der Waals surface area contributed by atoms with E-state index in [1.165, 1.54) is 18.2 Å². The van der Waals surface area contributed by atoms with Gasteiger partial charge in [-0.15, -0.1) is 5.10 Å². The lowest BCUT2D eigenvalue weighted by atomic mass is 10.2. The Balaban J connectivity index is 2.03. The number of hydrogen-bond acceptors (Lipinski definition) is 3. The Hall–Kier alpha value is -2.76. The second kappa shape index (κ2) is 7.01. The first-order valence-corrected chi connectivity index (χ1v) is 8.02. The van der Waals surface area contributed by atoms with E-state index in [1.807, 2.05) is 32.9 Å². The lowest BCUT2D eigenvalue weighted by Gasteiger charge is -2.10. The topological polar surface area (TPSA) is 39.9 Å². The van der Waals surface area contributed by atoms with E-state index < -0.39 is 11.6 Å². The van der Waals surface area contributed by atoms with Crippen molar-refractivity contribution in [3.8, 4) is 5.88 Å². The fourth-order valence-corrected chi connectivity index (χ4v) is 2.81. The Morgan fingerprint density at radius 3 is 2.60 bits per heavy atom. The molecule has 0 aliphatic heterocycles. The van der Waals surface area contributed by atoms with E-state index in [9.17, 15) is 8.78 Å². The number of nitrogens with zero attached hydrogens (tertiary/aromatic N) is 3. The van der Waals surface area contributed by atoms with Gasteiger partial charge in [-0.2, -0.15) is 5.10 Å². The van der Waals surface area contributed by atoms with Gasteiger partial charge < -0.3 is 9.30 Å². The first-order valence-electron chi connectivity index (χ1n) is 8.02. The Morgan fingerprint density at radius 2 is 1.92 bits per heavy atom. The second-order valence-electron chi connectivity index (χ2n) is 5.79. The predicted molar refractivity (Wildman–Crippen MR) is 92.5 cm³/mol. The van der Waals surface area contributed by atoms with Crippen LogP contribution in [0.2, 0.25) is 0 Å². The average Bonchev–Trinajstić information content (AvgIpc) is 2.84. The van der Waals surface area contributed by atoms with Crippen LogP contribution in [0.3, 0.4) is 0 Å². The highest BCUT2D eigenvalue weighted by molar-refractivity contribution is 5.88. The quantitative estimate of drug-likeness (QED) is 0.641. The number of aromatic nitrogens is 3. The maximum Gasteiger partial charge on any atom is 0.258 e. The van der Waals surface area contributed by atoms with Crippen LogP contribution in [-0.2, 0) is 13.2 Å². The van der Waals surface area contributed by atoms with E-state index in [2.05, 4.69) is 14.8 Å². The monoisotopic (exact) mass is 343 g/mol. The van der Waals surface area contributed by atoms with Crippen LogP contribution in [0.5, 0.6) is 5.88 Å². The zero-order chi connectivity index (χ0) is 18.0. The number of rotatable bonds is 5. The second-order valence-corrected chi connectivity index (χ2v) is 5.79. The summed E-state index contributed by atoms with van der Waals surface area (Å²) in [5.74, 6) is -1.02. The molecular formula is C19H19F2N3O. The smallest absolute Gasteiger partial charge is 0.258 e. The summed E-state index contributed by atoms with van der Waals surface area (Å²) >= 11 is 0. The van der Waals surface area contributed by atoms with Gasteiger partial charge in [-0.05, 0) is 38.5 Å². The number of halogens is 2. The summed E-state index contributed by atoms with van der Waals surface area (Å²) in [6.45, 7) is 6.37. The standard InChI is InChI=1S/C19H19F2N3O/c1-4-5-9-24-13(3)12(2)14-10-22-23-19(18(14)24)25-11-15-16(20)7-6-8-17(15)21/h4-8,10H,9,11H2,1-3H3. The molecule has 2 heterocycles. The summed E-state index contributed by atoms with van der Waals surface area (Å²) in [6.07, 6.45) is 5.66. The molecule has 0 unspecified atom stereocenters. The first kappa shape index (κ1) is 17.1. The molecule has 0 N–H and O–H groups in total. The molecule has 0 atom stereocenters. The van der Waals surface area contributed by atoms with Crippen molar-refractivity contribution in [2.75, 3.05) is 0 Å². The molecule has 0 aliphatic rings. The number of benzene rings is 1. The Labute approximate surface area is 144 Å². The van der Waals surface area contributed by atoms with E-state index in [4.69, 9.17) is 4.74 Å². The Bertz CT molecular complexity index is 927. The molecule has 0 spiro atoms. The van der Waals surface area contributed by atoms with Crippen LogP contribution >= 0.6 is 0 Å². The van der Waals surface area contributed by atoms with E-state index in [-0.39, 0.29) is 18.1 Å². The van der Waals surface area contributed by atoms with Crippen molar-refractivity contribution in [1.29, 1.82) is 0 Å². The Kier molecular flexibility index (Phi) is 4.79. The van der Waals surface area contributed by atoms with Crippen LogP contribution in [-0.4, -0.2) is 14.8 Å². The molecule has 0 saturated heterocycles. The van der Waals surface area contributed by atoms with Gasteiger partial charge in [0.1, 0.15) is 23.8 Å². The van der Waals surface area contributed by atoms with Crippen molar-refractivity contribution < 1.29 is 13.5 Å². The van der Waals surface area contributed by atoms with Gasteiger partial charge in [-0.3, -0.25) is 0 Å². The van der Waals surface area contributed by atoms with Gasteiger partial charge in [0.25, 0.3) is 5.88 Å². The number of ether oxygens (including phenoxy) is 1. The highest BCUT2D eigenvalue weighted by Crippen LogP contribution is 2.30. The zero-order valence-corrected chi connectivity index (χ0v) is 14.4. The Morgan fingerprint density at radius 1 is 1.20 bits per heavy atom. The van der Waals surface area contributed by atoms with Gasteiger partial charge in [0.05, 0.1) is 11.8 Å². The molecule has 0 aliphatic carbocycles. The first-order chi connectivity index (χ1) is 12.0. The molecule has 6 heteroatoms. The molecule has 0 fully saturated rings. The van der Waals surface area contributed by atoms with Crippen molar-refractivity contribution in [2.45, 2.75) is 33.9 Å². The molecule has 2 aromatic heterocycles. The number of allylic oxidation sites excluding steroid dienone is 2. The van der Waals surface area contributed by atoms with Gasteiger partial charge in [0.2, 0.25) is 0 Å². The highest BCUT2D eigenvalue weighted by atomic mass is 19.1. The SMILES string of the molecule is CC=CCn1c(C)c(C)c2cnnc(OCc3c(F)cccc3F)c21. The number of aryl methyl sites for hydroxylation is 1. The van der Waals surface area contributed by atoms with Crippen LogP contribution in [0.15, 0.2) is 36.5 Å². The third-order valence-corrected chi connectivity index (χ3v) is 4.35. The summed E-state index contributed by atoms with van der Waals surface area (Å²) in [6, 6.07) is 3.73. The molecule has 3 rings (SSSR count). The summed E-state index contributed by atoms with van der Waals surface area (Å²) in [7, 11) is 0. The molecule has 3 aromatic rings. The third kappa shape index (κ3) is 3.12. The maximum absolute atomic E-state index is 13.8. The summed E-state index contributed by atoms with van der Waals surface area (Å²) in [4.78, 5) is 0. The molecule has 25 heavy (non-hydrogen) atoms. The molecular weight excluding hydrogens is 324 g/mol. The van der Waals surface area contributed by atoms with E-state index in [1.54, 1.807) is 6.20 Å². The zero-order valence-electron chi connectivity index (χ0n) is 14.4. The number of hydrogen-bond donors (Lipinski definition) is 0. The van der Waals surface area contributed by atoms with Crippen molar-refractivity contribution in [3.05, 3.63) is 65.0 Å².